The first kappa shape index (κ1) is 20.8. The molecule has 0 spiro atoms. The molecule has 8 nitrogen and oxygen atoms in total. The highest BCUT2D eigenvalue weighted by molar-refractivity contribution is 5.73. The third-order valence-electron chi connectivity index (χ3n) is 4.45. The molecule has 2 aromatic rings. The van der Waals surface area contributed by atoms with Gasteiger partial charge in [-0.1, -0.05) is 0 Å². The average molecular weight is 412 g/mol. The summed E-state index contributed by atoms with van der Waals surface area (Å²) in [6, 6.07) is 5.91. The molecule has 0 aliphatic carbocycles. The van der Waals surface area contributed by atoms with Crippen molar-refractivity contribution in [3.63, 3.8) is 0 Å². The zero-order chi connectivity index (χ0) is 20.9. The van der Waals surface area contributed by atoms with E-state index in [2.05, 4.69) is 19.9 Å². The number of aromatic nitrogens is 3. The lowest BCUT2D eigenvalue weighted by Gasteiger charge is -2.31. The van der Waals surface area contributed by atoms with Gasteiger partial charge in [0.25, 0.3) is 0 Å². The molecule has 0 unspecified atom stereocenters. The smallest absolute Gasteiger partial charge is 0.484 e. The van der Waals surface area contributed by atoms with Crippen molar-refractivity contribution in [3.8, 4) is 5.75 Å². The fourth-order valence-corrected chi connectivity index (χ4v) is 3.27. The average Bonchev–Trinajstić information content (AvgIpc) is 3.08. The zero-order valence-corrected chi connectivity index (χ0v) is 15.2. The quantitative estimate of drug-likeness (QED) is 0.820. The van der Waals surface area contributed by atoms with Gasteiger partial charge in [0.1, 0.15) is 18.0 Å². The molecule has 0 amide bonds. The Hall–Kier alpha value is -2.95. The lowest BCUT2D eigenvalue weighted by atomic mass is 10.0. The van der Waals surface area contributed by atoms with Crippen molar-refractivity contribution in [2.45, 2.75) is 37.3 Å². The maximum absolute atomic E-state index is 10.6. The number of hydrogen-bond acceptors (Lipinski definition) is 7. The third-order valence-corrected chi connectivity index (χ3v) is 4.45. The molecule has 0 aromatic carbocycles. The van der Waals surface area contributed by atoms with Gasteiger partial charge in [0.15, 0.2) is 0 Å². The van der Waals surface area contributed by atoms with E-state index in [9.17, 15) is 13.2 Å². The number of ether oxygens (including phenoxy) is 2. The number of pyridine rings is 1. The fourth-order valence-electron chi connectivity index (χ4n) is 3.27. The largest absolute Gasteiger partial charge is 0.490 e. The van der Waals surface area contributed by atoms with Gasteiger partial charge in [0, 0.05) is 25.2 Å². The second kappa shape index (κ2) is 9.03. The Balaban J connectivity index is 0.000000298. The number of rotatable bonds is 3. The second-order valence-electron chi connectivity index (χ2n) is 6.39. The molecule has 4 rings (SSSR count). The Morgan fingerprint density at radius 2 is 1.97 bits per heavy atom. The molecule has 4 heterocycles. The Kier molecular flexibility index (Phi) is 6.47. The molecular weight excluding hydrogens is 393 g/mol. The second-order valence-corrected chi connectivity index (χ2v) is 6.39. The van der Waals surface area contributed by atoms with Gasteiger partial charge in [0.05, 0.1) is 18.8 Å². The van der Waals surface area contributed by atoms with Crippen molar-refractivity contribution < 1.29 is 32.5 Å². The fraction of sp³-hybridized carbons (Fsp3) is 0.444. The number of alkyl halides is 3. The molecule has 156 valence electrons. The molecule has 11 heteroatoms. The van der Waals surface area contributed by atoms with Crippen LogP contribution >= 0.6 is 0 Å². The summed E-state index contributed by atoms with van der Waals surface area (Å²) in [5.74, 6) is -1.23. The monoisotopic (exact) mass is 412 g/mol. The van der Waals surface area contributed by atoms with Crippen LogP contribution in [0.1, 0.15) is 12.8 Å². The lowest BCUT2D eigenvalue weighted by molar-refractivity contribution is -0.192. The van der Waals surface area contributed by atoms with Gasteiger partial charge < -0.3 is 19.5 Å². The van der Waals surface area contributed by atoms with Gasteiger partial charge in [-0.25, -0.2) is 14.8 Å². The van der Waals surface area contributed by atoms with Gasteiger partial charge in [-0.2, -0.15) is 13.2 Å². The van der Waals surface area contributed by atoms with Crippen molar-refractivity contribution in [3.05, 3.63) is 43.0 Å². The van der Waals surface area contributed by atoms with Crippen LogP contribution in [0.3, 0.4) is 0 Å². The van der Waals surface area contributed by atoms with E-state index in [-0.39, 0.29) is 18.2 Å². The van der Waals surface area contributed by atoms with Crippen molar-refractivity contribution in [1.29, 1.82) is 0 Å². The molecule has 2 saturated heterocycles. The summed E-state index contributed by atoms with van der Waals surface area (Å²) in [6.45, 7) is 1.52. The number of nitrogens with zero attached hydrogens (tertiary/aromatic N) is 4. The maximum atomic E-state index is 10.6. The van der Waals surface area contributed by atoms with Gasteiger partial charge in [-0.3, -0.25) is 4.98 Å². The van der Waals surface area contributed by atoms with Gasteiger partial charge in [-0.05, 0) is 31.0 Å². The van der Waals surface area contributed by atoms with Crippen LogP contribution in [0, 0.1) is 0 Å². The maximum Gasteiger partial charge on any atom is 0.490 e. The minimum atomic E-state index is -5.08. The van der Waals surface area contributed by atoms with Gasteiger partial charge in [-0.15, -0.1) is 0 Å². The predicted octanol–water partition coefficient (Wildman–Crippen LogP) is 2.32. The van der Waals surface area contributed by atoms with Crippen LogP contribution < -0.4 is 9.64 Å². The van der Waals surface area contributed by atoms with Crippen LogP contribution in [0.25, 0.3) is 0 Å². The number of carboxylic acids is 1. The predicted molar refractivity (Wildman–Crippen MR) is 94.5 cm³/mol. The Bertz CT molecular complexity index is 795. The number of halogens is 3. The van der Waals surface area contributed by atoms with Crippen molar-refractivity contribution in [2.75, 3.05) is 18.1 Å². The molecule has 29 heavy (non-hydrogen) atoms. The van der Waals surface area contributed by atoms with Crippen LogP contribution in [0.4, 0.5) is 19.1 Å². The van der Waals surface area contributed by atoms with E-state index in [0.717, 1.165) is 37.7 Å². The van der Waals surface area contributed by atoms with E-state index in [1.165, 1.54) is 0 Å². The molecule has 1 N–H and O–H groups in total. The van der Waals surface area contributed by atoms with Crippen LogP contribution in [0.15, 0.2) is 43.0 Å². The zero-order valence-electron chi connectivity index (χ0n) is 15.2. The Morgan fingerprint density at radius 3 is 2.59 bits per heavy atom. The molecule has 2 aliphatic heterocycles. The number of carboxylic acid groups (broad SMARTS) is 1. The summed E-state index contributed by atoms with van der Waals surface area (Å²) in [7, 11) is 0. The molecular formula is C18H19F3N4O4. The summed E-state index contributed by atoms with van der Waals surface area (Å²) in [6.07, 6.45) is 4.11. The number of carbonyl (C=O) groups is 1. The summed E-state index contributed by atoms with van der Waals surface area (Å²) in [4.78, 5) is 24.0. The molecule has 2 aliphatic rings. The van der Waals surface area contributed by atoms with Crippen LogP contribution in [0.5, 0.6) is 5.75 Å². The number of hydrogen-bond donors (Lipinski definition) is 1. The summed E-state index contributed by atoms with van der Waals surface area (Å²) in [5.41, 5.74) is 0. The molecule has 0 radical (unpaired) electrons. The van der Waals surface area contributed by atoms with E-state index < -0.39 is 12.1 Å². The molecule has 2 fully saturated rings. The van der Waals surface area contributed by atoms with E-state index in [0.29, 0.717) is 0 Å². The number of anilines is 1. The van der Waals surface area contributed by atoms with Crippen LogP contribution in [-0.4, -0.2) is 63.6 Å². The highest BCUT2D eigenvalue weighted by Crippen LogP contribution is 2.33. The first-order valence-electron chi connectivity index (χ1n) is 8.88. The standard InChI is InChI=1S/C16H18N4O2.C2HF3O2/c1-4-12(10-17-6-1)22-14-11-20(16-18-7-3-8-19-16)13-5-2-9-21-15(13)14;3-2(4,5)1(6)7/h1,3-4,6-8,10,13-15H,2,5,9,11H2;(H,6,7)/t13-,14-,15+;/m1./s1. The molecule has 3 atom stereocenters. The van der Waals surface area contributed by atoms with Crippen molar-refractivity contribution in [2.24, 2.45) is 0 Å². The highest BCUT2D eigenvalue weighted by atomic mass is 19.4. The first-order chi connectivity index (χ1) is 13.9. The van der Waals surface area contributed by atoms with Gasteiger partial charge >= 0.3 is 12.1 Å². The van der Waals surface area contributed by atoms with E-state index in [1.54, 1.807) is 24.8 Å². The lowest BCUT2D eigenvalue weighted by Crippen LogP contribution is -2.43. The Labute approximate surface area is 164 Å². The normalized spacial score (nSPS) is 23.6. The summed E-state index contributed by atoms with van der Waals surface area (Å²) in [5, 5.41) is 7.12. The van der Waals surface area contributed by atoms with E-state index in [1.807, 2.05) is 18.2 Å². The third kappa shape index (κ3) is 5.31. The highest BCUT2D eigenvalue weighted by Gasteiger charge is 2.46. The molecule has 0 saturated carbocycles. The summed E-state index contributed by atoms with van der Waals surface area (Å²) >= 11 is 0. The minimum absolute atomic E-state index is 0.0293. The van der Waals surface area contributed by atoms with Gasteiger partial charge in [0.2, 0.25) is 5.95 Å². The Morgan fingerprint density at radius 1 is 1.24 bits per heavy atom. The SMILES string of the molecule is O=C(O)C(F)(F)F.c1cnc(N2C[C@@H](Oc3cccnc3)[C@H]3OCCC[C@H]32)nc1. The van der Waals surface area contributed by atoms with Crippen molar-refractivity contribution >= 4 is 11.9 Å². The molecule has 2 aromatic heterocycles. The minimum Gasteiger partial charge on any atom is -0.484 e. The van der Waals surface area contributed by atoms with Crippen LogP contribution in [-0.2, 0) is 9.53 Å². The summed E-state index contributed by atoms with van der Waals surface area (Å²) < 4.78 is 43.8. The van der Waals surface area contributed by atoms with E-state index in [4.69, 9.17) is 19.4 Å². The van der Waals surface area contributed by atoms with Crippen molar-refractivity contribution in [1.82, 2.24) is 15.0 Å². The first-order valence-corrected chi connectivity index (χ1v) is 8.88. The van der Waals surface area contributed by atoms with E-state index >= 15 is 0 Å². The van der Waals surface area contributed by atoms with Crippen LogP contribution in [0.2, 0.25) is 0 Å². The number of aliphatic carboxylic acids is 1. The topological polar surface area (TPSA) is 97.7 Å². The molecule has 0 bridgehead atoms. The number of fused-ring (bicyclic) bond motifs is 1.